The summed E-state index contributed by atoms with van der Waals surface area (Å²) in [6.45, 7) is 0.543. The van der Waals surface area contributed by atoms with E-state index in [9.17, 15) is 13.2 Å². The van der Waals surface area contributed by atoms with Gasteiger partial charge in [-0.05, 0) is 24.1 Å². The van der Waals surface area contributed by atoms with E-state index in [1.165, 1.54) is 14.2 Å². The first kappa shape index (κ1) is 19.2. The van der Waals surface area contributed by atoms with Crippen molar-refractivity contribution in [2.75, 3.05) is 33.1 Å². The third kappa shape index (κ3) is 4.24. The molecule has 0 saturated carbocycles. The van der Waals surface area contributed by atoms with Crippen molar-refractivity contribution in [1.29, 1.82) is 0 Å². The number of hydrogen-bond donors (Lipinski definition) is 0. The number of carbonyl (C=O) groups excluding carboxylic acids is 1. The van der Waals surface area contributed by atoms with Gasteiger partial charge in [-0.3, -0.25) is 4.79 Å². The normalized spacial score (nSPS) is 19.2. The number of carbonyl (C=O) groups is 1. The van der Waals surface area contributed by atoms with Crippen molar-refractivity contribution in [3.8, 4) is 11.5 Å². The van der Waals surface area contributed by atoms with Crippen LogP contribution in [-0.4, -0.2) is 52.3 Å². The van der Waals surface area contributed by atoms with Crippen LogP contribution >= 0.6 is 0 Å². The second kappa shape index (κ2) is 8.00. The van der Waals surface area contributed by atoms with E-state index in [0.29, 0.717) is 30.0 Å². The maximum Gasteiger partial charge on any atom is 0.254 e. The molecule has 7 heteroatoms. The molecule has 1 saturated heterocycles. The maximum absolute atomic E-state index is 13.0. The van der Waals surface area contributed by atoms with Gasteiger partial charge in [0.1, 0.15) is 11.5 Å². The molecule has 0 N–H and O–H groups in total. The van der Waals surface area contributed by atoms with Crippen LogP contribution in [0.3, 0.4) is 0 Å². The van der Waals surface area contributed by atoms with Crippen LogP contribution < -0.4 is 9.47 Å². The molecule has 144 valence electrons. The molecule has 2 aromatic rings. The number of benzene rings is 2. The molecule has 0 bridgehead atoms. The number of amides is 1. The minimum Gasteiger partial charge on any atom is -0.497 e. The summed E-state index contributed by atoms with van der Waals surface area (Å²) >= 11 is 0. The molecule has 0 radical (unpaired) electrons. The summed E-state index contributed by atoms with van der Waals surface area (Å²) in [5.74, 6) is 0.750. The van der Waals surface area contributed by atoms with Crippen molar-refractivity contribution in [3.63, 3.8) is 0 Å². The van der Waals surface area contributed by atoms with Crippen LogP contribution in [0, 0.1) is 0 Å². The predicted octanol–water partition coefficient (Wildman–Crippen LogP) is 2.71. The van der Waals surface area contributed by atoms with Gasteiger partial charge in [-0.15, -0.1) is 0 Å². The molecule has 1 aliphatic heterocycles. The molecule has 0 spiro atoms. The highest BCUT2D eigenvalue weighted by molar-refractivity contribution is 7.91. The SMILES string of the molecule is COc1cc(OC)cc(C(=O)N2CCC(c3ccccc3)S(=O)(=O)CC2)c1. The summed E-state index contributed by atoms with van der Waals surface area (Å²) in [6.07, 6.45) is 0.374. The zero-order chi connectivity index (χ0) is 19.4. The summed E-state index contributed by atoms with van der Waals surface area (Å²) in [6, 6.07) is 14.1. The lowest BCUT2D eigenvalue weighted by molar-refractivity contribution is 0.0766. The lowest BCUT2D eigenvalue weighted by atomic mass is 10.1. The van der Waals surface area contributed by atoms with Gasteiger partial charge in [-0.2, -0.15) is 0 Å². The van der Waals surface area contributed by atoms with Gasteiger partial charge in [0.15, 0.2) is 9.84 Å². The summed E-state index contributed by atoms with van der Waals surface area (Å²) in [7, 11) is -0.291. The van der Waals surface area contributed by atoms with Crippen LogP contribution in [0.25, 0.3) is 0 Å². The second-order valence-corrected chi connectivity index (χ2v) is 8.75. The molecule has 1 heterocycles. The molecule has 3 rings (SSSR count). The fourth-order valence-electron chi connectivity index (χ4n) is 3.30. The van der Waals surface area contributed by atoms with E-state index in [1.54, 1.807) is 23.1 Å². The Morgan fingerprint density at radius 1 is 1.00 bits per heavy atom. The summed E-state index contributed by atoms with van der Waals surface area (Å²) < 4.78 is 35.9. The van der Waals surface area contributed by atoms with Crippen LogP contribution in [-0.2, 0) is 9.84 Å². The molecule has 1 aliphatic rings. The fraction of sp³-hybridized carbons (Fsp3) is 0.350. The molecule has 1 unspecified atom stereocenters. The fourth-order valence-corrected chi connectivity index (χ4v) is 5.10. The Morgan fingerprint density at radius 3 is 2.22 bits per heavy atom. The molecular formula is C20H23NO5S. The molecular weight excluding hydrogens is 366 g/mol. The Bertz CT molecular complexity index is 889. The predicted molar refractivity (Wildman–Crippen MR) is 103 cm³/mol. The number of hydrogen-bond acceptors (Lipinski definition) is 5. The first-order valence-electron chi connectivity index (χ1n) is 8.73. The van der Waals surface area contributed by atoms with Gasteiger partial charge in [0, 0.05) is 24.7 Å². The van der Waals surface area contributed by atoms with Crippen LogP contribution in [0.15, 0.2) is 48.5 Å². The van der Waals surface area contributed by atoms with Crippen molar-refractivity contribution in [2.45, 2.75) is 11.7 Å². The zero-order valence-electron chi connectivity index (χ0n) is 15.4. The average molecular weight is 389 g/mol. The van der Waals surface area contributed by atoms with Crippen LogP contribution in [0.5, 0.6) is 11.5 Å². The molecule has 6 nitrogen and oxygen atoms in total. The highest BCUT2D eigenvalue weighted by Gasteiger charge is 2.33. The van der Waals surface area contributed by atoms with Crippen LogP contribution in [0.4, 0.5) is 0 Å². The number of ether oxygens (including phenoxy) is 2. The molecule has 0 aromatic heterocycles. The largest absolute Gasteiger partial charge is 0.497 e. The first-order valence-corrected chi connectivity index (χ1v) is 10.4. The number of sulfone groups is 1. The monoisotopic (exact) mass is 389 g/mol. The van der Waals surface area contributed by atoms with Gasteiger partial charge in [0.2, 0.25) is 0 Å². The number of nitrogens with zero attached hydrogens (tertiary/aromatic N) is 1. The minimum absolute atomic E-state index is 0.0561. The third-order valence-corrected chi connectivity index (χ3v) is 6.92. The van der Waals surface area contributed by atoms with E-state index in [-0.39, 0.29) is 18.2 Å². The lowest BCUT2D eigenvalue weighted by Crippen LogP contribution is -2.33. The van der Waals surface area contributed by atoms with E-state index in [0.717, 1.165) is 5.56 Å². The summed E-state index contributed by atoms with van der Waals surface area (Å²) in [5.41, 5.74) is 1.19. The van der Waals surface area contributed by atoms with E-state index >= 15 is 0 Å². The van der Waals surface area contributed by atoms with Crippen LogP contribution in [0.2, 0.25) is 0 Å². The van der Waals surface area contributed by atoms with Crippen molar-refractivity contribution >= 4 is 15.7 Å². The van der Waals surface area contributed by atoms with Gasteiger partial charge < -0.3 is 14.4 Å². The van der Waals surface area contributed by atoms with Gasteiger partial charge in [-0.1, -0.05) is 30.3 Å². The highest BCUT2D eigenvalue weighted by Crippen LogP contribution is 2.30. The van der Waals surface area contributed by atoms with Gasteiger partial charge >= 0.3 is 0 Å². The topological polar surface area (TPSA) is 72.9 Å². The summed E-state index contributed by atoms with van der Waals surface area (Å²) in [4.78, 5) is 14.6. The highest BCUT2D eigenvalue weighted by atomic mass is 32.2. The second-order valence-electron chi connectivity index (χ2n) is 6.45. The Kier molecular flexibility index (Phi) is 5.70. The first-order chi connectivity index (χ1) is 12.9. The van der Waals surface area contributed by atoms with Crippen molar-refractivity contribution < 1.29 is 22.7 Å². The molecule has 1 fully saturated rings. The van der Waals surface area contributed by atoms with E-state index in [1.807, 2.05) is 30.3 Å². The van der Waals surface area contributed by atoms with Gasteiger partial charge in [-0.25, -0.2) is 8.42 Å². The zero-order valence-corrected chi connectivity index (χ0v) is 16.2. The van der Waals surface area contributed by atoms with Gasteiger partial charge in [0.05, 0.1) is 25.2 Å². The Morgan fingerprint density at radius 2 is 1.63 bits per heavy atom. The Hall–Kier alpha value is -2.54. The van der Waals surface area contributed by atoms with E-state index in [2.05, 4.69) is 0 Å². The average Bonchev–Trinajstić information content (AvgIpc) is 2.85. The standard InChI is InChI=1S/C20H23NO5S/c1-25-17-12-16(13-18(14-17)26-2)20(22)21-9-8-19(27(23,24)11-10-21)15-6-4-3-5-7-15/h3-7,12-14,19H,8-11H2,1-2H3. The van der Waals surface area contributed by atoms with E-state index < -0.39 is 15.1 Å². The number of rotatable bonds is 4. The molecule has 0 aliphatic carbocycles. The lowest BCUT2D eigenvalue weighted by Gasteiger charge is -2.20. The minimum atomic E-state index is -3.33. The Labute approximate surface area is 159 Å². The smallest absolute Gasteiger partial charge is 0.254 e. The third-order valence-electron chi connectivity index (χ3n) is 4.80. The van der Waals surface area contributed by atoms with E-state index in [4.69, 9.17) is 9.47 Å². The number of methoxy groups -OCH3 is 2. The maximum atomic E-state index is 13.0. The van der Waals surface area contributed by atoms with Crippen molar-refractivity contribution in [3.05, 3.63) is 59.7 Å². The quantitative estimate of drug-likeness (QED) is 0.804. The summed E-state index contributed by atoms with van der Waals surface area (Å²) in [5, 5.41) is -0.587. The Balaban J connectivity index is 1.84. The van der Waals surface area contributed by atoms with Crippen molar-refractivity contribution in [1.82, 2.24) is 4.90 Å². The van der Waals surface area contributed by atoms with Gasteiger partial charge in [0.25, 0.3) is 5.91 Å². The molecule has 1 atom stereocenters. The van der Waals surface area contributed by atoms with Crippen LogP contribution in [0.1, 0.15) is 27.6 Å². The molecule has 2 aromatic carbocycles. The molecule has 27 heavy (non-hydrogen) atoms. The van der Waals surface area contributed by atoms with Crippen molar-refractivity contribution in [2.24, 2.45) is 0 Å². The molecule has 1 amide bonds.